The lowest BCUT2D eigenvalue weighted by Crippen LogP contribution is -2.05. The highest BCUT2D eigenvalue weighted by Crippen LogP contribution is 2.33. The summed E-state index contributed by atoms with van der Waals surface area (Å²) in [6.07, 6.45) is 7.56. The van der Waals surface area contributed by atoms with Crippen LogP contribution in [-0.2, 0) is 6.42 Å². The standard InChI is InChI=1S/C21H14N8/c1-2-4-17-16(3-1)28-18(24-26-20(28)14-5-9-22-10-6-14)13-19-25-27-21(29(17)19)15-7-11-23-12-8-15/h1-12H,13H2. The van der Waals surface area contributed by atoms with Gasteiger partial charge in [0.2, 0.25) is 0 Å². The zero-order valence-electron chi connectivity index (χ0n) is 15.2. The Labute approximate surface area is 165 Å². The maximum atomic E-state index is 4.47. The van der Waals surface area contributed by atoms with Crippen molar-refractivity contribution in [2.24, 2.45) is 0 Å². The smallest absolute Gasteiger partial charge is 0.168 e. The minimum absolute atomic E-state index is 0.519. The highest BCUT2D eigenvalue weighted by atomic mass is 15.3. The monoisotopic (exact) mass is 378 g/mol. The van der Waals surface area contributed by atoms with Crippen LogP contribution in [0.25, 0.3) is 34.2 Å². The maximum Gasteiger partial charge on any atom is 0.168 e. The molecule has 0 N–H and O–H groups in total. The lowest BCUT2D eigenvalue weighted by Gasteiger charge is -2.14. The van der Waals surface area contributed by atoms with Crippen LogP contribution < -0.4 is 0 Å². The van der Waals surface area contributed by atoms with Crippen LogP contribution in [0.2, 0.25) is 0 Å². The lowest BCUT2D eigenvalue weighted by molar-refractivity contribution is 0.857. The summed E-state index contributed by atoms with van der Waals surface area (Å²) >= 11 is 0. The van der Waals surface area contributed by atoms with E-state index in [0.29, 0.717) is 6.42 Å². The fraction of sp³-hybridized carbons (Fsp3) is 0.0476. The van der Waals surface area contributed by atoms with Crippen LogP contribution in [0.1, 0.15) is 11.6 Å². The summed E-state index contributed by atoms with van der Waals surface area (Å²) in [6.45, 7) is 0. The Morgan fingerprint density at radius 3 is 1.45 bits per heavy atom. The lowest BCUT2D eigenvalue weighted by atomic mass is 10.2. The molecular formula is C21H14N8. The van der Waals surface area contributed by atoms with Gasteiger partial charge in [0.15, 0.2) is 11.6 Å². The largest absolute Gasteiger partial charge is 0.276 e. The highest BCUT2D eigenvalue weighted by molar-refractivity contribution is 5.67. The van der Waals surface area contributed by atoms with Gasteiger partial charge in [0.25, 0.3) is 0 Å². The Kier molecular flexibility index (Phi) is 3.36. The number of pyridine rings is 2. The van der Waals surface area contributed by atoms with Crippen LogP contribution in [0.4, 0.5) is 0 Å². The predicted molar refractivity (Wildman–Crippen MR) is 106 cm³/mol. The molecule has 8 nitrogen and oxygen atoms in total. The van der Waals surface area contributed by atoms with Crippen molar-refractivity contribution in [1.82, 2.24) is 39.5 Å². The first-order valence-electron chi connectivity index (χ1n) is 9.19. The van der Waals surface area contributed by atoms with Gasteiger partial charge >= 0.3 is 0 Å². The van der Waals surface area contributed by atoms with Gasteiger partial charge < -0.3 is 0 Å². The van der Waals surface area contributed by atoms with Gasteiger partial charge in [-0.2, -0.15) is 0 Å². The fourth-order valence-electron chi connectivity index (χ4n) is 3.73. The molecule has 0 saturated carbocycles. The third-order valence-corrected chi connectivity index (χ3v) is 5.02. The van der Waals surface area contributed by atoms with E-state index in [1.807, 2.05) is 36.4 Å². The van der Waals surface area contributed by atoms with Crippen molar-refractivity contribution in [3.8, 4) is 34.2 Å². The van der Waals surface area contributed by atoms with Gasteiger partial charge in [-0.15, -0.1) is 20.4 Å². The number of rotatable bonds is 2. The predicted octanol–water partition coefficient (Wildman–Crippen LogP) is 2.88. The Morgan fingerprint density at radius 2 is 1.00 bits per heavy atom. The summed E-state index contributed by atoms with van der Waals surface area (Å²) in [4.78, 5) is 8.23. The van der Waals surface area contributed by atoms with Gasteiger partial charge in [-0.25, -0.2) is 0 Å². The van der Waals surface area contributed by atoms with Crippen molar-refractivity contribution >= 4 is 0 Å². The van der Waals surface area contributed by atoms with Crippen LogP contribution in [0, 0.1) is 0 Å². The topological polar surface area (TPSA) is 87.2 Å². The van der Waals surface area contributed by atoms with Crippen molar-refractivity contribution in [1.29, 1.82) is 0 Å². The van der Waals surface area contributed by atoms with Gasteiger partial charge in [-0.3, -0.25) is 19.1 Å². The van der Waals surface area contributed by atoms with Crippen LogP contribution in [0.5, 0.6) is 0 Å². The van der Waals surface area contributed by atoms with Gasteiger partial charge in [0.1, 0.15) is 11.6 Å². The molecule has 0 unspecified atom stereocenters. The molecule has 0 spiro atoms. The molecular weight excluding hydrogens is 364 g/mol. The quantitative estimate of drug-likeness (QED) is 0.460. The summed E-state index contributed by atoms with van der Waals surface area (Å²) in [5, 5.41) is 17.9. The average molecular weight is 378 g/mol. The normalized spacial score (nSPS) is 12.0. The van der Waals surface area contributed by atoms with Crippen LogP contribution in [0.15, 0.2) is 73.3 Å². The number of benzene rings is 1. The van der Waals surface area contributed by atoms with Crippen molar-refractivity contribution in [2.75, 3.05) is 0 Å². The first-order valence-corrected chi connectivity index (χ1v) is 9.19. The van der Waals surface area contributed by atoms with Crippen LogP contribution in [-0.4, -0.2) is 39.5 Å². The van der Waals surface area contributed by atoms with Crippen molar-refractivity contribution in [3.63, 3.8) is 0 Å². The van der Waals surface area contributed by atoms with Crippen molar-refractivity contribution in [3.05, 3.63) is 85.0 Å². The Bertz CT molecular complexity index is 1220. The first kappa shape index (κ1) is 15.8. The van der Waals surface area contributed by atoms with Crippen LogP contribution in [0.3, 0.4) is 0 Å². The molecule has 0 amide bonds. The second-order valence-electron chi connectivity index (χ2n) is 6.69. The molecule has 138 valence electrons. The third kappa shape index (κ3) is 2.39. The number of hydrogen-bond acceptors (Lipinski definition) is 6. The third-order valence-electron chi connectivity index (χ3n) is 5.02. The Morgan fingerprint density at radius 1 is 0.552 bits per heavy atom. The molecule has 8 heteroatoms. The second-order valence-corrected chi connectivity index (χ2v) is 6.69. The summed E-state index contributed by atoms with van der Waals surface area (Å²) in [6, 6.07) is 15.9. The van der Waals surface area contributed by atoms with Gasteiger partial charge in [-0.1, -0.05) is 12.1 Å². The van der Waals surface area contributed by atoms with E-state index in [4.69, 9.17) is 0 Å². The second kappa shape index (κ2) is 6.16. The maximum absolute atomic E-state index is 4.47. The van der Waals surface area contributed by atoms with Crippen molar-refractivity contribution in [2.45, 2.75) is 6.42 Å². The minimum atomic E-state index is 0.519. The Hall–Kier alpha value is -4.20. The molecule has 0 fully saturated rings. The van der Waals surface area contributed by atoms with Crippen molar-refractivity contribution < 1.29 is 0 Å². The molecule has 5 heterocycles. The van der Waals surface area contributed by atoms with Gasteiger partial charge in [0.05, 0.1) is 17.8 Å². The van der Waals surface area contributed by atoms with Crippen LogP contribution >= 0.6 is 0 Å². The van der Waals surface area contributed by atoms with E-state index >= 15 is 0 Å². The number of fused-ring (bicyclic) bond motifs is 5. The molecule has 6 rings (SSSR count). The van der Waals surface area contributed by atoms with E-state index in [0.717, 1.165) is 45.8 Å². The molecule has 0 bridgehead atoms. The van der Waals surface area contributed by atoms with Gasteiger partial charge in [-0.05, 0) is 36.4 Å². The van der Waals surface area contributed by atoms with Gasteiger partial charge in [0, 0.05) is 35.9 Å². The molecule has 0 atom stereocenters. The number of para-hydroxylation sites is 2. The zero-order chi connectivity index (χ0) is 19.2. The molecule has 29 heavy (non-hydrogen) atoms. The number of nitrogens with zero attached hydrogens (tertiary/aromatic N) is 8. The van der Waals surface area contributed by atoms with E-state index in [9.17, 15) is 0 Å². The molecule has 1 aliphatic heterocycles. The first-order chi connectivity index (χ1) is 14.4. The molecule has 0 aliphatic carbocycles. The molecule has 0 saturated heterocycles. The average Bonchev–Trinajstić information content (AvgIpc) is 3.37. The summed E-state index contributed by atoms with van der Waals surface area (Å²) in [5.41, 5.74) is 3.88. The minimum Gasteiger partial charge on any atom is -0.276 e. The molecule has 5 aromatic rings. The summed E-state index contributed by atoms with van der Waals surface area (Å²) in [7, 11) is 0. The summed E-state index contributed by atoms with van der Waals surface area (Å²) < 4.78 is 4.19. The molecule has 4 aromatic heterocycles. The Balaban J connectivity index is 1.63. The number of hydrogen-bond donors (Lipinski definition) is 0. The van der Waals surface area contributed by atoms with E-state index in [1.165, 1.54) is 0 Å². The molecule has 0 radical (unpaired) electrons. The van der Waals surface area contributed by atoms with E-state index in [-0.39, 0.29) is 0 Å². The fourth-order valence-corrected chi connectivity index (χ4v) is 3.73. The highest BCUT2D eigenvalue weighted by Gasteiger charge is 2.27. The van der Waals surface area contributed by atoms with E-state index in [2.05, 4.69) is 51.6 Å². The molecule has 1 aromatic carbocycles. The number of aromatic nitrogens is 8. The summed E-state index contributed by atoms with van der Waals surface area (Å²) in [5.74, 6) is 3.19. The SMILES string of the molecule is c1ccc2c(c1)-n1c(nnc1-c1ccncc1)Cc1nnc(-c3ccncc3)n1-2. The zero-order valence-corrected chi connectivity index (χ0v) is 15.2. The molecule has 1 aliphatic rings. The van der Waals surface area contributed by atoms with E-state index in [1.54, 1.807) is 24.8 Å². The van der Waals surface area contributed by atoms with E-state index < -0.39 is 0 Å².